The molecule has 4 rings (SSSR count). The molecule has 2 saturated heterocycles. The number of ether oxygens (including phenoxy) is 1. The van der Waals surface area contributed by atoms with Crippen LogP contribution in [0.4, 0.5) is 0 Å². The monoisotopic (exact) mass is 388 g/mol. The highest BCUT2D eigenvalue weighted by molar-refractivity contribution is 6.30. The molecule has 2 aromatic rings. The van der Waals surface area contributed by atoms with Crippen LogP contribution in [0.3, 0.4) is 0 Å². The van der Waals surface area contributed by atoms with Gasteiger partial charge in [-0.15, -0.1) is 0 Å². The zero-order valence-electron chi connectivity index (χ0n) is 16.7. The number of rotatable bonds is 5. The molecule has 2 aliphatic rings. The van der Waals surface area contributed by atoms with Crippen molar-refractivity contribution in [1.29, 1.82) is 0 Å². The Morgan fingerprint density at radius 3 is 2.56 bits per heavy atom. The van der Waals surface area contributed by atoms with Crippen molar-refractivity contribution in [3.05, 3.63) is 46.2 Å². The van der Waals surface area contributed by atoms with Crippen LogP contribution in [-0.4, -0.2) is 53.4 Å². The molecule has 5 nitrogen and oxygen atoms in total. The number of hydrogen-bond donors (Lipinski definition) is 0. The topological polar surface area (TPSA) is 33.5 Å². The highest BCUT2D eigenvalue weighted by atomic mass is 35.5. The summed E-state index contributed by atoms with van der Waals surface area (Å²) in [6, 6.07) is 9.07. The summed E-state index contributed by atoms with van der Waals surface area (Å²) in [5, 5.41) is 5.36. The molecule has 0 radical (unpaired) electrons. The summed E-state index contributed by atoms with van der Waals surface area (Å²) in [7, 11) is 5.90. The van der Waals surface area contributed by atoms with Crippen molar-refractivity contribution in [3.8, 4) is 5.75 Å². The van der Waals surface area contributed by atoms with Crippen molar-refractivity contribution in [2.75, 3.05) is 33.8 Å². The summed E-state index contributed by atoms with van der Waals surface area (Å²) in [4.78, 5) is 5.09. The van der Waals surface area contributed by atoms with Crippen LogP contribution in [0.2, 0.25) is 5.15 Å². The van der Waals surface area contributed by atoms with Gasteiger partial charge in [0, 0.05) is 44.8 Å². The Hall–Kier alpha value is -1.56. The van der Waals surface area contributed by atoms with E-state index < -0.39 is 0 Å². The Kier molecular flexibility index (Phi) is 5.19. The molecule has 0 unspecified atom stereocenters. The van der Waals surface area contributed by atoms with Gasteiger partial charge in [0.25, 0.3) is 0 Å². The smallest absolute Gasteiger partial charge is 0.131 e. The van der Waals surface area contributed by atoms with Crippen LogP contribution in [0.25, 0.3) is 0 Å². The first-order chi connectivity index (χ1) is 13.0. The third-order valence-electron chi connectivity index (χ3n) is 6.30. The maximum Gasteiger partial charge on any atom is 0.131 e. The van der Waals surface area contributed by atoms with Crippen molar-refractivity contribution < 1.29 is 4.74 Å². The quantitative estimate of drug-likeness (QED) is 0.786. The molecule has 0 aliphatic carbocycles. The van der Waals surface area contributed by atoms with Gasteiger partial charge >= 0.3 is 0 Å². The molecule has 0 bridgehead atoms. The summed E-state index contributed by atoms with van der Waals surface area (Å²) >= 11 is 6.52. The number of benzene rings is 1. The van der Waals surface area contributed by atoms with E-state index >= 15 is 0 Å². The largest absolute Gasteiger partial charge is 0.497 e. The Balaban J connectivity index is 1.51. The van der Waals surface area contributed by atoms with Crippen LogP contribution < -0.4 is 4.74 Å². The van der Waals surface area contributed by atoms with E-state index in [1.54, 1.807) is 11.8 Å². The van der Waals surface area contributed by atoms with Gasteiger partial charge in [-0.3, -0.25) is 14.5 Å². The zero-order chi connectivity index (χ0) is 19.1. The van der Waals surface area contributed by atoms with E-state index in [9.17, 15) is 0 Å². The van der Waals surface area contributed by atoms with E-state index in [-0.39, 0.29) is 0 Å². The van der Waals surface area contributed by atoms with E-state index in [0.29, 0.717) is 17.9 Å². The predicted molar refractivity (Wildman–Crippen MR) is 108 cm³/mol. The fourth-order valence-electron chi connectivity index (χ4n) is 5.05. The van der Waals surface area contributed by atoms with Gasteiger partial charge < -0.3 is 4.74 Å². The summed E-state index contributed by atoms with van der Waals surface area (Å²) in [5.74, 6) is 2.29. The number of halogens is 1. The minimum Gasteiger partial charge on any atom is -0.497 e. The second-order valence-electron chi connectivity index (χ2n) is 7.97. The molecular weight excluding hydrogens is 360 g/mol. The van der Waals surface area contributed by atoms with E-state index in [0.717, 1.165) is 49.2 Å². The Bertz CT molecular complexity index is 803. The van der Waals surface area contributed by atoms with Gasteiger partial charge in [-0.05, 0) is 43.0 Å². The molecule has 2 aliphatic heterocycles. The molecular formula is C21H29ClN4O. The predicted octanol–water partition coefficient (Wildman–Crippen LogP) is 3.38. The summed E-state index contributed by atoms with van der Waals surface area (Å²) in [5.41, 5.74) is 3.72. The zero-order valence-corrected chi connectivity index (χ0v) is 17.4. The molecule has 0 saturated carbocycles. The maximum atomic E-state index is 6.52. The first kappa shape index (κ1) is 18.8. The number of nitrogens with zero attached hydrogens (tertiary/aromatic N) is 4. The van der Waals surface area contributed by atoms with E-state index in [2.05, 4.69) is 53.1 Å². The number of aromatic nitrogens is 2. The highest BCUT2D eigenvalue weighted by Gasteiger charge is 2.46. The first-order valence-corrected chi connectivity index (χ1v) is 10.2. The minimum atomic E-state index is 0.473. The Morgan fingerprint density at radius 1 is 1.15 bits per heavy atom. The lowest BCUT2D eigenvalue weighted by Crippen LogP contribution is -2.29. The molecule has 1 aromatic carbocycles. The lowest BCUT2D eigenvalue weighted by atomic mass is 9.89. The molecule has 0 amide bonds. The van der Waals surface area contributed by atoms with Crippen LogP contribution >= 0.6 is 11.6 Å². The van der Waals surface area contributed by atoms with Crippen LogP contribution in [0, 0.1) is 11.8 Å². The van der Waals surface area contributed by atoms with Gasteiger partial charge in [0.1, 0.15) is 10.9 Å². The molecule has 0 spiro atoms. The van der Waals surface area contributed by atoms with Gasteiger partial charge in [0.2, 0.25) is 0 Å². The van der Waals surface area contributed by atoms with E-state index in [1.165, 1.54) is 11.1 Å². The lowest BCUT2D eigenvalue weighted by Gasteiger charge is -2.27. The van der Waals surface area contributed by atoms with Crippen molar-refractivity contribution in [3.63, 3.8) is 0 Å². The fourth-order valence-corrected chi connectivity index (χ4v) is 5.25. The van der Waals surface area contributed by atoms with Crippen molar-refractivity contribution in [2.24, 2.45) is 18.9 Å². The number of likely N-dealkylation sites (tertiary alicyclic amines) is 2. The molecule has 1 aromatic heterocycles. The Labute approximate surface area is 166 Å². The second kappa shape index (κ2) is 7.46. The van der Waals surface area contributed by atoms with Crippen LogP contribution in [-0.2, 0) is 20.0 Å². The molecule has 27 heavy (non-hydrogen) atoms. The van der Waals surface area contributed by atoms with Crippen LogP contribution in [0.1, 0.15) is 29.8 Å². The number of aryl methyl sites for hydroxylation is 2. The molecule has 0 N–H and O–H groups in total. The van der Waals surface area contributed by atoms with Crippen molar-refractivity contribution >= 4 is 11.6 Å². The molecule has 2 fully saturated rings. The normalized spacial score (nSPS) is 25.9. The van der Waals surface area contributed by atoms with Gasteiger partial charge in [0.15, 0.2) is 0 Å². The lowest BCUT2D eigenvalue weighted by molar-refractivity contribution is 0.224. The highest BCUT2D eigenvalue weighted by Crippen LogP contribution is 2.44. The maximum absolute atomic E-state index is 6.52. The van der Waals surface area contributed by atoms with Crippen LogP contribution in [0.5, 0.6) is 5.75 Å². The van der Waals surface area contributed by atoms with Crippen molar-refractivity contribution in [2.45, 2.75) is 25.9 Å². The number of methoxy groups -OCH3 is 1. The Morgan fingerprint density at radius 2 is 1.89 bits per heavy atom. The average molecular weight is 389 g/mol. The van der Waals surface area contributed by atoms with E-state index in [4.69, 9.17) is 16.3 Å². The number of fused-ring (bicyclic) bond motifs is 1. The van der Waals surface area contributed by atoms with E-state index in [1.807, 2.05) is 7.05 Å². The van der Waals surface area contributed by atoms with Gasteiger partial charge in [0.05, 0.1) is 12.8 Å². The third-order valence-corrected chi connectivity index (χ3v) is 6.77. The molecule has 6 heteroatoms. The molecule has 3 heterocycles. The summed E-state index contributed by atoms with van der Waals surface area (Å²) < 4.78 is 7.13. The van der Waals surface area contributed by atoms with Crippen LogP contribution in [0.15, 0.2) is 24.3 Å². The standard InChI is InChI=1S/C21H29ClN4O/c1-5-19-18(21(22)25(3)23-19)13-26-11-15-10-24(2)20(17(15)12-26)14-6-8-16(27-4)9-7-14/h6-9,15,17,20H,5,10-13H2,1-4H3/t15-,17+,20-/m0/s1. The van der Waals surface area contributed by atoms with Gasteiger partial charge in [-0.2, -0.15) is 5.10 Å². The minimum absolute atomic E-state index is 0.473. The number of hydrogen-bond acceptors (Lipinski definition) is 4. The second-order valence-corrected chi connectivity index (χ2v) is 8.33. The average Bonchev–Trinajstić information content (AvgIpc) is 3.27. The van der Waals surface area contributed by atoms with Crippen molar-refractivity contribution in [1.82, 2.24) is 19.6 Å². The SMILES string of the molecule is CCc1nn(C)c(Cl)c1CN1C[C@@H]2CN(C)[C@@H](c3ccc(OC)cc3)[C@@H]2C1. The molecule has 3 atom stereocenters. The molecule has 146 valence electrons. The summed E-state index contributed by atoms with van der Waals surface area (Å²) in [6.45, 7) is 6.45. The van der Waals surface area contributed by atoms with Gasteiger partial charge in [-0.25, -0.2) is 0 Å². The first-order valence-electron chi connectivity index (χ1n) is 9.78. The summed E-state index contributed by atoms with van der Waals surface area (Å²) in [6.07, 6.45) is 0.924. The van der Waals surface area contributed by atoms with Gasteiger partial charge in [-0.1, -0.05) is 30.7 Å². The fraction of sp³-hybridized carbons (Fsp3) is 0.571. The third kappa shape index (κ3) is 3.37.